The number of anilines is 1. The van der Waals surface area contributed by atoms with E-state index in [-0.39, 0.29) is 23.6 Å². The van der Waals surface area contributed by atoms with Crippen LogP contribution >= 0.6 is 0 Å². The van der Waals surface area contributed by atoms with Crippen molar-refractivity contribution in [3.05, 3.63) is 88.7 Å². The molecule has 1 amide bonds. The fourth-order valence-electron chi connectivity index (χ4n) is 5.18. The van der Waals surface area contributed by atoms with E-state index in [4.69, 9.17) is 4.74 Å². The molecular formula is C31H36F3N3O2. The Kier molecular flexibility index (Phi) is 9.30. The van der Waals surface area contributed by atoms with Crippen molar-refractivity contribution >= 4 is 11.6 Å². The second-order valence-corrected chi connectivity index (χ2v) is 10.6. The first-order valence-electron chi connectivity index (χ1n) is 13.4. The van der Waals surface area contributed by atoms with Gasteiger partial charge in [0.1, 0.15) is 5.75 Å². The Bertz CT molecular complexity index is 1290. The normalized spacial score (nSPS) is 15.4. The quantitative estimate of drug-likeness (QED) is 0.295. The minimum absolute atomic E-state index is 0.0245. The van der Waals surface area contributed by atoms with E-state index in [1.807, 2.05) is 32.0 Å². The summed E-state index contributed by atoms with van der Waals surface area (Å²) in [5.74, 6) is -2.79. The number of hydrogen-bond acceptors (Lipinski definition) is 4. The molecule has 0 bridgehead atoms. The van der Waals surface area contributed by atoms with Crippen molar-refractivity contribution in [3.63, 3.8) is 0 Å². The van der Waals surface area contributed by atoms with Gasteiger partial charge >= 0.3 is 0 Å². The van der Waals surface area contributed by atoms with Crippen molar-refractivity contribution in [1.29, 1.82) is 0 Å². The molecule has 2 N–H and O–H groups in total. The number of aryl methyl sites for hydroxylation is 1. The predicted molar refractivity (Wildman–Crippen MR) is 148 cm³/mol. The molecule has 0 aromatic heterocycles. The third kappa shape index (κ3) is 7.19. The topological polar surface area (TPSA) is 53.6 Å². The second kappa shape index (κ2) is 12.7. The summed E-state index contributed by atoms with van der Waals surface area (Å²) in [6.45, 7) is 8.81. The fourth-order valence-corrected chi connectivity index (χ4v) is 5.18. The number of likely N-dealkylation sites (N-methyl/N-ethyl adjacent to an activating group) is 1. The van der Waals surface area contributed by atoms with E-state index in [1.54, 1.807) is 19.2 Å². The van der Waals surface area contributed by atoms with E-state index in [0.29, 0.717) is 23.8 Å². The molecule has 1 heterocycles. The molecule has 1 saturated heterocycles. The van der Waals surface area contributed by atoms with Crippen LogP contribution < -0.4 is 15.4 Å². The van der Waals surface area contributed by atoms with Crippen LogP contribution in [0.1, 0.15) is 49.3 Å². The Morgan fingerprint density at radius 1 is 0.974 bits per heavy atom. The Balaban J connectivity index is 1.32. The molecule has 0 unspecified atom stereocenters. The van der Waals surface area contributed by atoms with Gasteiger partial charge in [-0.2, -0.15) is 0 Å². The van der Waals surface area contributed by atoms with Gasteiger partial charge in [-0.05, 0) is 92.7 Å². The summed E-state index contributed by atoms with van der Waals surface area (Å²) in [6.07, 6.45) is 2.03. The molecule has 3 aromatic rings. The molecule has 1 aliphatic heterocycles. The van der Waals surface area contributed by atoms with E-state index in [9.17, 15) is 18.0 Å². The average molecular weight is 540 g/mol. The number of benzene rings is 3. The summed E-state index contributed by atoms with van der Waals surface area (Å²) in [7, 11) is 1.80. The summed E-state index contributed by atoms with van der Waals surface area (Å²) in [5, 5.41) is 6.16. The van der Waals surface area contributed by atoms with Gasteiger partial charge in [-0.3, -0.25) is 9.69 Å². The minimum atomic E-state index is -1.25. The zero-order valence-electron chi connectivity index (χ0n) is 22.9. The Morgan fingerprint density at radius 2 is 1.64 bits per heavy atom. The third-order valence-electron chi connectivity index (χ3n) is 7.37. The molecule has 5 nitrogen and oxygen atoms in total. The lowest BCUT2D eigenvalue weighted by Crippen LogP contribution is -2.42. The molecule has 4 rings (SSSR count). The number of ether oxygens (including phenoxy) is 1. The standard InChI is InChI=1S/C31H36F3N3O2/c1-19(2)30(35-4)31(38)36-23-8-5-20(3)25(15-23)22-11-13-37(14-12-22)18-21-6-9-24(10-7-21)39-29-17-27(33)26(32)16-28(29)34/h5-10,15-17,19,22,30,35H,11-14,18H2,1-4H3,(H,36,38)/t30-/m0/s1. The fraction of sp³-hybridized carbons (Fsp3) is 0.387. The highest BCUT2D eigenvalue weighted by atomic mass is 19.2. The maximum absolute atomic E-state index is 13.9. The number of hydrogen-bond donors (Lipinski definition) is 2. The molecule has 0 spiro atoms. The van der Waals surface area contributed by atoms with Gasteiger partial charge in [0.2, 0.25) is 5.91 Å². The van der Waals surface area contributed by atoms with Crippen LogP contribution in [0.2, 0.25) is 0 Å². The summed E-state index contributed by atoms with van der Waals surface area (Å²) in [5.41, 5.74) is 4.42. The maximum Gasteiger partial charge on any atom is 0.241 e. The van der Waals surface area contributed by atoms with Crippen molar-refractivity contribution in [1.82, 2.24) is 10.2 Å². The number of nitrogens with zero attached hydrogens (tertiary/aromatic N) is 1. The van der Waals surface area contributed by atoms with Crippen LogP contribution in [0.5, 0.6) is 11.5 Å². The largest absolute Gasteiger partial charge is 0.454 e. The smallest absolute Gasteiger partial charge is 0.241 e. The molecule has 0 saturated carbocycles. The van der Waals surface area contributed by atoms with E-state index in [1.165, 1.54) is 11.1 Å². The lowest BCUT2D eigenvalue weighted by atomic mass is 9.86. The summed E-state index contributed by atoms with van der Waals surface area (Å²) >= 11 is 0. The number of piperidine rings is 1. The number of halogens is 3. The van der Waals surface area contributed by atoms with Crippen LogP contribution in [0.4, 0.5) is 18.9 Å². The second-order valence-electron chi connectivity index (χ2n) is 10.6. The van der Waals surface area contributed by atoms with Gasteiger partial charge in [0.25, 0.3) is 0 Å². The number of nitrogens with one attached hydrogen (secondary N) is 2. The number of likely N-dealkylation sites (tertiary alicyclic amines) is 1. The number of amides is 1. The lowest BCUT2D eigenvalue weighted by Gasteiger charge is -2.33. The summed E-state index contributed by atoms with van der Waals surface area (Å²) in [4.78, 5) is 15.1. The monoisotopic (exact) mass is 539 g/mol. The molecule has 1 fully saturated rings. The number of rotatable bonds is 9. The van der Waals surface area contributed by atoms with E-state index >= 15 is 0 Å². The average Bonchev–Trinajstić information content (AvgIpc) is 2.90. The zero-order chi connectivity index (χ0) is 28.1. The summed E-state index contributed by atoms with van der Waals surface area (Å²) in [6, 6.07) is 14.3. The molecule has 1 atom stereocenters. The molecular weight excluding hydrogens is 503 g/mol. The van der Waals surface area contributed by atoms with Gasteiger partial charge in [0.15, 0.2) is 23.2 Å². The van der Waals surface area contributed by atoms with Crippen molar-refractivity contribution in [2.24, 2.45) is 5.92 Å². The van der Waals surface area contributed by atoms with E-state index in [2.05, 4.69) is 34.6 Å². The van der Waals surface area contributed by atoms with Gasteiger partial charge in [0.05, 0.1) is 6.04 Å². The zero-order valence-corrected chi connectivity index (χ0v) is 22.9. The van der Waals surface area contributed by atoms with Gasteiger partial charge < -0.3 is 15.4 Å². The molecule has 0 aliphatic carbocycles. The highest BCUT2D eigenvalue weighted by Crippen LogP contribution is 2.33. The predicted octanol–water partition coefficient (Wildman–Crippen LogP) is 6.77. The van der Waals surface area contributed by atoms with Crippen molar-refractivity contribution in [2.75, 3.05) is 25.5 Å². The first-order valence-corrected chi connectivity index (χ1v) is 13.4. The maximum atomic E-state index is 13.9. The SMILES string of the molecule is CN[C@H](C(=O)Nc1ccc(C)c(C2CCN(Cc3ccc(Oc4cc(F)c(F)cc4F)cc3)CC2)c1)C(C)C. The van der Waals surface area contributed by atoms with Crippen molar-refractivity contribution in [2.45, 2.75) is 52.1 Å². The molecule has 1 aliphatic rings. The first-order chi connectivity index (χ1) is 18.6. The van der Waals surface area contributed by atoms with Gasteiger partial charge in [-0.1, -0.05) is 32.0 Å². The van der Waals surface area contributed by atoms with Crippen LogP contribution in [-0.2, 0) is 11.3 Å². The van der Waals surface area contributed by atoms with Crippen LogP contribution in [0.25, 0.3) is 0 Å². The first kappa shape index (κ1) is 28.6. The highest BCUT2D eigenvalue weighted by Gasteiger charge is 2.24. The van der Waals surface area contributed by atoms with Gasteiger partial charge in [-0.15, -0.1) is 0 Å². The van der Waals surface area contributed by atoms with Crippen molar-refractivity contribution in [3.8, 4) is 11.5 Å². The molecule has 39 heavy (non-hydrogen) atoms. The van der Waals surface area contributed by atoms with Gasteiger partial charge in [-0.25, -0.2) is 13.2 Å². The van der Waals surface area contributed by atoms with Crippen LogP contribution in [-0.4, -0.2) is 37.0 Å². The van der Waals surface area contributed by atoms with Crippen LogP contribution in [0, 0.1) is 30.3 Å². The molecule has 208 valence electrons. The minimum Gasteiger partial charge on any atom is -0.454 e. The van der Waals surface area contributed by atoms with Crippen LogP contribution in [0.15, 0.2) is 54.6 Å². The number of carbonyl (C=O) groups is 1. The van der Waals surface area contributed by atoms with E-state index < -0.39 is 17.5 Å². The van der Waals surface area contributed by atoms with Crippen LogP contribution in [0.3, 0.4) is 0 Å². The van der Waals surface area contributed by atoms with Crippen molar-refractivity contribution < 1.29 is 22.7 Å². The lowest BCUT2D eigenvalue weighted by molar-refractivity contribution is -0.118. The third-order valence-corrected chi connectivity index (χ3v) is 7.37. The molecule has 3 aromatic carbocycles. The van der Waals surface area contributed by atoms with E-state index in [0.717, 1.165) is 43.7 Å². The van der Waals surface area contributed by atoms with Gasteiger partial charge in [0, 0.05) is 24.4 Å². The Labute approximate surface area is 228 Å². The Morgan fingerprint density at radius 3 is 2.28 bits per heavy atom. The molecule has 0 radical (unpaired) electrons. The number of carbonyl (C=O) groups excluding carboxylic acids is 1. The Hall–Kier alpha value is -3.36. The molecule has 8 heteroatoms. The highest BCUT2D eigenvalue weighted by molar-refractivity contribution is 5.95. The summed E-state index contributed by atoms with van der Waals surface area (Å²) < 4.78 is 45.9.